The molecule has 2 fully saturated rings. The molecule has 2 aliphatic rings. The summed E-state index contributed by atoms with van der Waals surface area (Å²) in [6.07, 6.45) is 12.6. The van der Waals surface area contributed by atoms with Crippen LogP contribution in [0.1, 0.15) is 63.7 Å². The van der Waals surface area contributed by atoms with Gasteiger partial charge in [-0.2, -0.15) is 10.2 Å². The first-order chi connectivity index (χ1) is 18.4. The van der Waals surface area contributed by atoms with Crippen molar-refractivity contribution in [2.24, 2.45) is 7.05 Å². The Labute approximate surface area is 222 Å². The molecule has 5 heterocycles. The predicted molar refractivity (Wildman–Crippen MR) is 148 cm³/mol. The number of aryl methyl sites for hydroxylation is 1. The van der Waals surface area contributed by atoms with Crippen LogP contribution in [-0.4, -0.2) is 61.7 Å². The molecule has 0 saturated carbocycles. The molecule has 38 heavy (non-hydrogen) atoms. The number of benzene rings is 1. The normalized spacial score (nSPS) is 18.3. The van der Waals surface area contributed by atoms with Gasteiger partial charge in [0.05, 0.1) is 60.3 Å². The van der Waals surface area contributed by atoms with Gasteiger partial charge in [-0.1, -0.05) is 33.1 Å². The van der Waals surface area contributed by atoms with Crippen LogP contribution in [0.2, 0.25) is 0 Å². The van der Waals surface area contributed by atoms with Crippen molar-refractivity contribution < 1.29 is 14.3 Å². The third-order valence-electron chi connectivity index (χ3n) is 6.86. The van der Waals surface area contributed by atoms with E-state index < -0.39 is 0 Å². The van der Waals surface area contributed by atoms with Crippen LogP contribution in [0.25, 0.3) is 16.6 Å². The molecule has 1 amide bonds. The number of morpholine rings is 1. The fourth-order valence-corrected chi connectivity index (χ4v) is 5.06. The largest absolute Gasteiger partial charge is 0.489 e. The summed E-state index contributed by atoms with van der Waals surface area (Å²) in [7, 11) is 1.86. The summed E-state index contributed by atoms with van der Waals surface area (Å²) in [5.74, 6) is 0.276. The van der Waals surface area contributed by atoms with Crippen molar-refractivity contribution in [1.29, 1.82) is 0 Å². The highest BCUT2D eigenvalue weighted by Crippen LogP contribution is 2.33. The van der Waals surface area contributed by atoms with E-state index in [1.807, 2.05) is 51.6 Å². The van der Waals surface area contributed by atoms with Gasteiger partial charge in [-0.25, -0.2) is 9.50 Å². The number of hydrogen-bond donors (Lipinski definition) is 1. The zero-order valence-electron chi connectivity index (χ0n) is 22.8. The van der Waals surface area contributed by atoms with Crippen LogP contribution in [0.4, 0.5) is 11.4 Å². The lowest BCUT2D eigenvalue weighted by Crippen LogP contribution is -2.37. The molecule has 10 heteroatoms. The fraction of sp³-hybridized carbons (Fsp3) is 0.500. The van der Waals surface area contributed by atoms with E-state index in [-0.39, 0.29) is 12.0 Å². The van der Waals surface area contributed by atoms with Crippen molar-refractivity contribution in [2.75, 3.05) is 23.4 Å². The zero-order chi connectivity index (χ0) is 26.8. The van der Waals surface area contributed by atoms with Gasteiger partial charge >= 0.3 is 0 Å². The first-order valence-corrected chi connectivity index (χ1v) is 13.5. The van der Waals surface area contributed by atoms with Gasteiger partial charge in [0.1, 0.15) is 11.3 Å². The van der Waals surface area contributed by atoms with E-state index in [4.69, 9.17) is 9.47 Å². The van der Waals surface area contributed by atoms with Crippen LogP contribution >= 0.6 is 0 Å². The Balaban J connectivity index is 0.000000540. The van der Waals surface area contributed by atoms with E-state index in [1.165, 1.54) is 19.3 Å². The van der Waals surface area contributed by atoms with Crippen molar-refractivity contribution in [3.63, 3.8) is 0 Å². The Morgan fingerprint density at radius 2 is 2.03 bits per heavy atom. The highest BCUT2D eigenvalue weighted by molar-refractivity contribution is 6.09. The summed E-state index contributed by atoms with van der Waals surface area (Å²) in [5, 5.41) is 12.7. The summed E-state index contributed by atoms with van der Waals surface area (Å²) in [6, 6.07) is 4.10. The molecule has 10 nitrogen and oxygen atoms in total. The molecule has 6 rings (SSSR count). The average Bonchev–Trinajstić information content (AvgIpc) is 3.67. The Bertz CT molecular complexity index is 1420. The molecule has 2 aliphatic heterocycles. The van der Waals surface area contributed by atoms with Crippen LogP contribution < -0.4 is 15.0 Å². The first-order valence-electron chi connectivity index (χ1n) is 13.5. The number of nitrogens with zero attached hydrogens (tertiary/aromatic N) is 6. The summed E-state index contributed by atoms with van der Waals surface area (Å²) in [4.78, 5) is 20.1. The minimum atomic E-state index is -0.296. The number of amides is 1. The smallest absolute Gasteiger partial charge is 0.261 e. The summed E-state index contributed by atoms with van der Waals surface area (Å²) in [6.45, 7) is 9.92. The predicted octanol–water partition coefficient (Wildman–Crippen LogP) is 4.83. The number of ether oxygens (including phenoxy) is 2. The van der Waals surface area contributed by atoms with E-state index in [0.29, 0.717) is 34.8 Å². The Morgan fingerprint density at radius 3 is 2.68 bits per heavy atom. The van der Waals surface area contributed by atoms with Crippen LogP contribution in [0.5, 0.6) is 5.75 Å². The molecular formula is C28H37N7O3. The van der Waals surface area contributed by atoms with Gasteiger partial charge in [-0.05, 0) is 26.3 Å². The maximum atomic E-state index is 13.2. The molecule has 2 bridgehead atoms. The molecule has 4 aromatic rings. The number of anilines is 2. The number of nitrogens with one attached hydrogen (secondary N) is 1. The Kier molecular flexibility index (Phi) is 7.51. The molecule has 2 unspecified atom stereocenters. The molecule has 0 radical (unpaired) electrons. The quantitative estimate of drug-likeness (QED) is 0.373. The van der Waals surface area contributed by atoms with Gasteiger partial charge in [-0.3, -0.25) is 9.48 Å². The fourth-order valence-electron chi connectivity index (χ4n) is 5.06. The minimum Gasteiger partial charge on any atom is -0.489 e. The second-order valence-electron chi connectivity index (χ2n) is 10.3. The van der Waals surface area contributed by atoms with E-state index in [1.54, 1.807) is 15.4 Å². The van der Waals surface area contributed by atoms with E-state index in [0.717, 1.165) is 36.2 Å². The molecule has 2 saturated heterocycles. The second-order valence-corrected chi connectivity index (χ2v) is 10.3. The third kappa shape index (κ3) is 5.31. The third-order valence-corrected chi connectivity index (χ3v) is 6.86. The number of aromatic nitrogens is 5. The van der Waals surface area contributed by atoms with Crippen molar-refractivity contribution in [1.82, 2.24) is 24.4 Å². The molecule has 1 N–H and O–H groups in total. The zero-order valence-corrected chi connectivity index (χ0v) is 22.8. The highest BCUT2D eigenvalue weighted by Gasteiger charge is 2.39. The average molecular weight is 520 g/mol. The van der Waals surface area contributed by atoms with E-state index >= 15 is 0 Å². The van der Waals surface area contributed by atoms with Crippen molar-refractivity contribution in [3.05, 3.63) is 42.5 Å². The lowest BCUT2D eigenvalue weighted by molar-refractivity contribution is 0.0991. The maximum absolute atomic E-state index is 13.2. The lowest BCUT2D eigenvalue weighted by Gasteiger charge is -2.28. The van der Waals surface area contributed by atoms with Crippen LogP contribution in [0, 0.1) is 0 Å². The van der Waals surface area contributed by atoms with Crippen molar-refractivity contribution >= 4 is 33.8 Å². The SMILES string of the molecule is CC(C)Oc1cc2nn(C)cc2cc1NC(=O)c1cnn2cc(N3CC4CC3CO4)cnc12.CCCCC. The van der Waals surface area contributed by atoms with E-state index in [2.05, 4.69) is 39.2 Å². The summed E-state index contributed by atoms with van der Waals surface area (Å²) < 4.78 is 15.0. The molecule has 3 aromatic heterocycles. The second kappa shape index (κ2) is 11.0. The van der Waals surface area contributed by atoms with Crippen LogP contribution in [0.15, 0.2) is 36.9 Å². The number of carbonyl (C=O) groups is 1. The first kappa shape index (κ1) is 26.0. The topological polar surface area (TPSA) is 98.8 Å². The number of carbonyl (C=O) groups excluding carboxylic acids is 1. The highest BCUT2D eigenvalue weighted by atomic mass is 16.5. The molecule has 0 aliphatic carbocycles. The summed E-state index contributed by atoms with van der Waals surface area (Å²) >= 11 is 0. The van der Waals surface area contributed by atoms with Gasteiger partial charge in [0.15, 0.2) is 5.65 Å². The van der Waals surface area contributed by atoms with E-state index in [9.17, 15) is 4.79 Å². The number of rotatable bonds is 7. The molecule has 202 valence electrons. The molecule has 2 atom stereocenters. The summed E-state index contributed by atoms with van der Waals surface area (Å²) in [5.41, 5.74) is 3.28. The Hall–Kier alpha value is -3.66. The van der Waals surface area contributed by atoms with Gasteiger partial charge in [-0.15, -0.1) is 0 Å². The van der Waals surface area contributed by atoms with Gasteiger partial charge in [0, 0.05) is 31.2 Å². The molecular weight excluding hydrogens is 482 g/mol. The molecule has 1 aromatic carbocycles. The number of unbranched alkanes of at least 4 members (excludes halogenated alkanes) is 2. The van der Waals surface area contributed by atoms with Crippen LogP contribution in [0.3, 0.4) is 0 Å². The van der Waals surface area contributed by atoms with Crippen LogP contribution in [-0.2, 0) is 11.8 Å². The minimum absolute atomic E-state index is 0.0508. The van der Waals surface area contributed by atoms with Crippen molar-refractivity contribution in [2.45, 2.75) is 71.6 Å². The number of fused-ring (bicyclic) bond motifs is 4. The van der Waals surface area contributed by atoms with Gasteiger partial charge < -0.3 is 19.7 Å². The molecule has 0 spiro atoms. The standard InChI is InChI=1S/C23H25N7O3.C5H12/c1-13(2)33-21-6-19-14(9-28(3)27-19)4-20(21)26-23(31)18-8-25-30-10-16(7-24-22(18)30)29-11-17-5-15(29)12-32-17;1-3-5-4-2/h4,6-10,13,15,17H,5,11-12H2,1-3H3,(H,26,31);3-5H2,1-2H3. The monoisotopic (exact) mass is 519 g/mol. The van der Waals surface area contributed by atoms with Gasteiger partial charge in [0.25, 0.3) is 5.91 Å². The lowest BCUT2D eigenvalue weighted by atomic mass is 10.2. The Morgan fingerprint density at radius 1 is 1.21 bits per heavy atom. The number of hydrogen-bond acceptors (Lipinski definition) is 7. The van der Waals surface area contributed by atoms with Gasteiger partial charge in [0.2, 0.25) is 0 Å². The maximum Gasteiger partial charge on any atom is 0.261 e. The van der Waals surface area contributed by atoms with Crippen molar-refractivity contribution in [3.8, 4) is 5.75 Å².